The first-order valence-electron chi connectivity index (χ1n) is 5.67. The van der Waals surface area contributed by atoms with E-state index in [1.54, 1.807) is 19.1 Å². The maximum Gasteiger partial charge on any atom is 0.374 e. The van der Waals surface area contributed by atoms with Gasteiger partial charge in [0.15, 0.2) is 6.29 Å². The maximum absolute atomic E-state index is 13.5. The largest absolute Gasteiger partial charge is 0.460 e. The molecule has 0 unspecified atom stereocenters. The van der Waals surface area contributed by atoms with Gasteiger partial charge < -0.3 is 9.15 Å². The molecule has 1 heterocycles. The molecule has 4 nitrogen and oxygen atoms in total. The third-order valence-corrected chi connectivity index (χ3v) is 2.56. The van der Waals surface area contributed by atoms with Crippen LogP contribution in [0.2, 0.25) is 0 Å². The summed E-state index contributed by atoms with van der Waals surface area (Å²) in [5.41, 5.74) is 0.833. The van der Waals surface area contributed by atoms with Gasteiger partial charge in [-0.1, -0.05) is 6.07 Å². The second-order valence-electron chi connectivity index (χ2n) is 3.74. The van der Waals surface area contributed by atoms with Gasteiger partial charge >= 0.3 is 5.97 Å². The van der Waals surface area contributed by atoms with Gasteiger partial charge in [0.1, 0.15) is 5.82 Å². The first-order valence-corrected chi connectivity index (χ1v) is 5.67. The van der Waals surface area contributed by atoms with E-state index in [1.807, 2.05) is 0 Å². The first-order chi connectivity index (χ1) is 9.17. The Morgan fingerprint density at radius 2 is 2.21 bits per heavy atom. The lowest BCUT2D eigenvalue weighted by Gasteiger charge is -2.04. The summed E-state index contributed by atoms with van der Waals surface area (Å²) < 4.78 is 23.4. The predicted molar refractivity (Wildman–Crippen MR) is 65.4 cm³/mol. The number of hydrogen-bond acceptors (Lipinski definition) is 4. The number of rotatable bonds is 4. The molecule has 0 aliphatic carbocycles. The van der Waals surface area contributed by atoms with Gasteiger partial charge in [-0.05, 0) is 30.7 Å². The van der Waals surface area contributed by atoms with E-state index in [2.05, 4.69) is 0 Å². The molecule has 0 fully saturated rings. The molecule has 0 amide bonds. The van der Waals surface area contributed by atoms with Crippen molar-refractivity contribution < 1.29 is 23.1 Å². The van der Waals surface area contributed by atoms with E-state index in [9.17, 15) is 14.0 Å². The summed E-state index contributed by atoms with van der Waals surface area (Å²) in [6, 6.07) is 5.61. The third-order valence-electron chi connectivity index (χ3n) is 2.56. The molecule has 0 spiro atoms. The highest BCUT2D eigenvalue weighted by atomic mass is 19.1. The van der Waals surface area contributed by atoms with Gasteiger partial charge in [-0.3, -0.25) is 4.79 Å². The average molecular weight is 262 g/mol. The Kier molecular flexibility index (Phi) is 3.75. The van der Waals surface area contributed by atoms with Crippen molar-refractivity contribution in [2.24, 2.45) is 0 Å². The lowest BCUT2D eigenvalue weighted by atomic mass is 10.0. The van der Waals surface area contributed by atoms with Crippen LogP contribution in [0.25, 0.3) is 11.1 Å². The number of aldehydes is 1. The van der Waals surface area contributed by atoms with Crippen molar-refractivity contribution in [1.82, 2.24) is 0 Å². The van der Waals surface area contributed by atoms with Crippen LogP contribution in [-0.2, 0) is 4.74 Å². The highest BCUT2D eigenvalue weighted by molar-refractivity contribution is 5.94. The second kappa shape index (κ2) is 5.48. The number of carbonyl (C=O) groups is 2. The zero-order chi connectivity index (χ0) is 13.8. The van der Waals surface area contributed by atoms with E-state index >= 15 is 0 Å². The summed E-state index contributed by atoms with van der Waals surface area (Å²) >= 11 is 0. The Balaban J connectivity index is 2.42. The van der Waals surface area contributed by atoms with Crippen LogP contribution in [0.4, 0.5) is 4.39 Å². The fourth-order valence-corrected chi connectivity index (χ4v) is 1.68. The Hall–Kier alpha value is -2.43. The molecule has 0 atom stereocenters. The summed E-state index contributed by atoms with van der Waals surface area (Å²) in [6.07, 6.45) is 1.76. The zero-order valence-electron chi connectivity index (χ0n) is 10.2. The minimum Gasteiger partial charge on any atom is -0.460 e. The number of ether oxygens (including phenoxy) is 1. The van der Waals surface area contributed by atoms with Crippen molar-refractivity contribution in [2.75, 3.05) is 6.61 Å². The number of carbonyl (C=O) groups excluding carboxylic acids is 2. The molecule has 0 N–H and O–H groups in total. The van der Waals surface area contributed by atoms with Crippen LogP contribution < -0.4 is 0 Å². The molecule has 0 saturated heterocycles. The number of benzene rings is 1. The Morgan fingerprint density at radius 1 is 1.42 bits per heavy atom. The molecule has 0 aliphatic rings. The minimum atomic E-state index is -0.650. The Bertz CT molecular complexity index is 616. The van der Waals surface area contributed by atoms with Crippen molar-refractivity contribution >= 4 is 12.3 Å². The molecule has 1 aromatic heterocycles. The Labute approximate surface area is 108 Å². The normalized spacial score (nSPS) is 10.2. The lowest BCUT2D eigenvalue weighted by Crippen LogP contribution is -2.04. The number of halogens is 1. The minimum absolute atomic E-state index is 0.0140. The quantitative estimate of drug-likeness (QED) is 0.627. The summed E-state index contributed by atoms with van der Waals surface area (Å²) in [4.78, 5) is 22.2. The van der Waals surface area contributed by atoms with Gasteiger partial charge in [-0.15, -0.1) is 0 Å². The summed E-state index contributed by atoms with van der Waals surface area (Å²) in [6.45, 7) is 1.90. The second-order valence-corrected chi connectivity index (χ2v) is 3.74. The molecule has 0 bridgehead atoms. The monoisotopic (exact) mass is 262 g/mol. The highest BCUT2D eigenvalue weighted by Gasteiger charge is 2.18. The van der Waals surface area contributed by atoms with Gasteiger partial charge in [0, 0.05) is 5.56 Å². The molecule has 19 heavy (non-hydrogen) atoms. The molecule has 1 aromatic carbocycles. The molecule has 0 radical (unpaired) electrons. The molecule has 5 heteroatoms. The van der Waals surface area contributed by atoms with E-state index in [0.717, 1.165) is 0 Å². The fourth-order valence-electron chi connectivity index (χ4n) is 1.68. The molecule has 2 rings (SSSR count). The molecule has 2 aromatic rings. The third kappa shape index (κ3) is 2.54. The fraction of sp³-hybridized carbons (Fsp3) is 0.143. The van der Waals surface area contributed by atoms with Gasteiger partial charge in [0.05, 0.1) is 18.4 Å². The number of hydrogen-bond donors (Lipinski definition) is 0. The van der Waals surface area contributed by atoms with E-state index in [4.69, 9.17) is 9.15 Å². The molecule has 0 aliphatic heterocycles. The van der Waals surface area contributed by atoms with E-state index < -0.39 is 11.8 Å². The van der Waals surface area contributed by atoms with Crippen molar-refractivity contribution in [3.63, 3.8) is 0 Å². The standard InChI is InChI=1S/C14H11FO4/c1-2-18-14(17)13-11(5-6-19-13)9-3-4-10(8-16)12(15)7-9/h3-8H,2H2,1H3. The maximum atomic E-state index is 13.5. The molecular weight excluding hydrogens is 251 g/mol. The summed E-state index contributed by atoms with van der Waals surface area (Å²) in [5.74, 6) is -1.24. The van der Waals surface area contributed by atoms with Crippen LogP contribution in [-0.4, -0.2) is 18.9 Å². The van der Waals surface area contributed by atoms with Crippen molar-refractivity contribution in [1.29, 1.82) is 0 Å². The van der Waals surface area contributed by atoms with Crippen LogP contribution in [0.1, 0.15) is 27.8 Å². The van der Waals surface area contributed by atoms with E-state index in [-0.39, 0.29) is 17.9 Å². The van der Waals surface area contributed by atoms with Crippen molar-refractivity contribution in [3.8, 4) is 11.1 Å². The summed E-state index contributed by atoms with van der Waals surface area (Å²) in [7, 11) is 0. The van der Waals surface area contributed by atoms with Gasteiger partial charge in [0.2, 0.25) is 5.76 Å². The van der Waals surface area contributed by atoms with Crippen molar-refractivity contribution in [3.05, 3.63) is 47.7 Å². The van der Waals surface area contributed by atoms with Crippen LogP contribution >= 0.6 is 0 Å². The highest BCUT2D eigenvalue weighted by Crippen LogP contribution is 2.27. The molecule has 0 saturated carbocycles. The van der Waals surface area contributed by atoms with Gasteiger partial charge in [-0.25, -0.2) is 9.18 Å². The molecule has 98 valence electrons. The van der Waals surface area contributed by atoms with Crippen molar-refractivity contribution in [2.45, 2.75) is 6.92 Å². The predicted octanol–water partition coefficient (Wildman–Crippen LogP) is 3.07. The van der Waals surface area contributed by atoms with Gasteiger partial charge in [0.25, 0.3) is 0 Å². The van der Waals surface area contributed by atoms with Crippen LogP contribution in [0.15, 0.2) is 34.9 Å². The lowest BCUT2D eigenvalue weighted by molar-refractivity contribution is 0.0491. The first kappa shape index (κ1) is 13.0. The van der Waals surface area contributed by atoms with Crippen LogP contribution in [0, 0.1) is 5.82 Å². The number of esters is 1. The van der Waals surface area contributed by atoms with Crippen LogP contribution in [0.3, 0.4) is 0 Å². The number of furan rings is 1. The van der Waals surface area contributed by atoms with Gasteiger partial charge in [-0.2, -0.15) is 0 Å². The smallest absolute Gasteiger partial charge is 0.374 e. The van der Waals surface area contributed by atoms with E-state index in [0.29, 0.717) is 17.4 Å². The Morgan fingerprint density at radius 3 is 2.84 bits per heavy atom. The zero-order valence-corrected chi connectivity index (χ0v) is 10.2. The summed E-state index contributed by atoms with van der Waals surface area (Å²) in [5, 5.41) is 0. The topological polar surface area (TPSA) is 56.5 Å². The van der Waals surface area contributed by atoms with E-state index in [1.165, 1.54) is 18.4 Å². The van der Waals surface area contributed by atoms with Crippen LogP contribution in [0.5, 0.6) is 0 Å². The SMILES string of the molecule is CCOC(=O)c1occc1-c1ccc(C=O)c(F)c1. The average Bonchev–Trinajstić information content (AvgIpc) is 2.88. The molecular formula is C14H11FO4.